The summed E-state index contributed by atoms with van der Waals surface area (Å²) in [5.74, 6) is -0.781. The van der Waals surface area contributed by atoms with Crippen molar-refractivity contribution in [3.05, 3.63) is 0 Å². The molecule has 2 atom stereocenters. The van der Waals surface area contributed by atoms with Gasteiger partial charge in [-0.2, -0.15) is 5.26 Å². The van der Waals surface area contributed by atoms with Crippen LogP contribution in [-0.2, 0) is 4.79 Å². The predicted molar refractivity (Wildman–Crippen MR) is 55.3 cm³/mol. The summed E-state index contributed by atoms with van der Waals surface area (Å²) in [6.07, 6.45) is 0. The van der Waals surface area contributed by atoms with E-state index in [2.05, 4.69) is 11.0 Å². The van der Waals surface area contributed by atoms with E-state index in [1.54, 1.807) is 6.92 Å². The Kier molecular flexibility index (Phi) is 4.06. The van der Waals surface area contributed by atoms with Gasteiger partial charge in [-0.25, -0.2) is 0 Å². The van der Waals surface area contributed by atoms with Gasteiger partial charge in [0.2, 0.25) is 0 Å². The van der Waals surface area contributed by atoms with Crippen LogP contribution in [0.3, 0.4) is 0 Å². The Balaban J connectivity index is 2.43. The highest BCUT2D eigenvalue weighted by Gasteiger charge is 2.26. The van der Waals surface area contributed by atoms with Crippen molar-refractivity contribution >= 4 is 5.97 Å². The molecule has 2 unspecified atom stereocenters. The molecule has 1 fully saturated rings. The van der Waals surface area contributed by atoms with E-state index < -0.39 is 12.0 Å². The number of rotatable bonds is 3. The third kappa shape index (κ3) is 2.91. The van der Waals surface area contributed by atoms with Crippen LogP contribution in [0.1, 0.15) is 13.8 Å². The molecule has 0 spiro atoms. The van der Waals surface area contributed by atoms with E-state index in [9.17, 15) is 4.79 Å². The zero-order valence-electron chi connectivity index (χ0n) is 9.18. The molecule has 0 aromatic carbocycles. The summed E-state index contributed by atoms with van der Waals surface area (Å²) in [6, 6.07) is 1.69. The van der Waals surface area contributed by atoms with Crippen molar-refractivity contribution in [2.75, 3.05) is 26.2 Å². The second kappa shape index (κ2) is 5.10. The molecular weight excluding hydrogens is 194 g/mol. The number of carboxylic acid groups (broad SMARTS) is 1. The maximum absolute atomic E-state index is 10.8. The first-order valence-electron chi connectivity index (χ1n) is 5.16. The minimum Gasteiger partial charge on any atom is -0.480 e. The Morgan fingerprint density at radius 2 is 1.73 bits per heavy atom. The second-order valence-corrected chi connectivity index (χ2v) is 3.89. The van der Waals surface area contributed by atoms with E-state index in [0.29, 0.717) is 0 Å². The summed E-state index contributed by atoms with van der Waals surface area (Å²) in [5.41, 5.74) is 0. The van der Waals surface area contributed by atoms with Crippen LogP contribution in [0, 0.1) is 11.3 Å². The largest absolute Gasteiger partial charge is 0.480 e. The van der Waals surface area contributed by atoms with Crippen LogP contribution in [0.5, 0.6) is 0 Å². The fourth-order valence-electron chi connectivity index (χ4n) is 1.75. The van der Waals surface area contributed by atoms with Crippen LogP contribution in [0.15, 0.2) is 0 Å². The van der Waals surface area contributed by atoms with Gasteiger partial charge in [-0.05, 0) is 13.8 Å². The number of nitrogens with zero attached hydrogens (tertiary/aromatic N) is 3. The molecule has 1 aliphatic rings. The first-order chi connectivity index (χ1) is 7.06. The van der Waals surface area contributed by atoms with E-state index in [4.69, 9.17) is 10.4 Å². The summed E-state index contributed by atoms with van der Waals surface area (Å²) in [4.78, 5) is 14.8. The lowest BCUT2D eigenvalue weighted by atomic mass is 10.2. The van der Waals surface area contributed by atoms with Gasteiger partial charge in [0.25, 0.3) is 0 Å². The Hall–Kier alpha value is -1.12. The van der Waals surface area contributed by atoms with Crippen molar-refractivity contribution in [1.29, 1.82) is 5.26 Å². The zero-order valence-corrected chi connectivity index (χ0v) is 9.18. The van der Waals surface area contributed by atoms with Crippen LogP contribution < -0.4 is 0 Å². The van der Waals surface area contributed by atoms with Gasteiger partial charge in [0.1, 0.15) is 6.04 Å². The van der Waals surface area contributed by atoms with E-state index in [-0.39, 0.29) is 6.04 Å². The average molecular weight is 211 g/mol. The maximum atomic E-state index is 10.8. The van der Waals surface area contributed by atoms with E-state index in [0.717, 1.165) is 26.2 Å². The number of carbonyl (C=O) groups is 1. The Morgan fingerprint density at radius 3 is 2.13 bits per heavy atom. The van der Waals surface area contributed by atoms with Crippen molar-refractivity contribution < 1.29 is 9.90 Å². The molecule has 0 bridgehead atoms. The van der Waals surface area contributed by atoms with Crippen LogP contribution in [-0.4, -0.2) is 59.1 Å². The SMILES string of the molecule is CC(C#N)N1CCN(C(C)C(=O)O)CC1. The summed E-state index contributed by atoms with van der Waals surface area (Å²) < 4.78 is 0. The number of carboxylic acids is 1. The fraction of sp³-hybridized carbons (Fsp3) is 0.800. The standard InChI is InChI=1S/C10H17N3O2/c1-8(7-11)12-3-5-13(6-4-12)9(2)10(14)15/h8-9H,3-6H2,1-2H3,(H,14,15). The fourth-order valence-corrected chi connectivity index (χ4v) is 1.75. The molecule has 15 heavy (non-hydrogen) atoms. The highest BCUT2D eigenvalue weighted by atomic mass is 16.4. The Morgan fingerprint density at radius 1 is 1.27 bits per heavy atom. The smallest absolute Gasteiger partial charge is 0.320 e. The highest BCUT2D eigenvalue weighted by Crippen LogP contribution is 2.08. The van der Waals surface area contributed by atoms with Crippen molar-refractivity contribution in [2.24, 2.45) is 0 Å². The molecule has 0 amide bonds. The molecular formula is C10H17N3O2. The molecule has 0 aromatic rings. The lowest BCUT2D eigenvalue weighted by molar-refractivity contribution is -0.143. The molecule has 0 radical (unpaired) electrons. The average Bonchev–Trinajstić information content (AvgIpc) is 2.27. The van der Waals surface area contributed by atoms with Crippen molar-refractivity contribution in [3.63, 3.8) is 0 Å². The molecule has 1 N–H and O–H groups in total. The molecule has 0 saturated carbocycles. The Labute approximate surface area is 89.9 Å². The molecule has 5 heteroatoms. The lowest BCUT2D eigenvalue weighted by Gasteiger charge is -2.37. The van der Waals surface area contributed by atoms with Gasteiger partial charge in [-0.15, -0.1) is 0 Å². The van der Waals surface area contributed by atoms with Crippen LogP contribution in [0.25, 0.3) is 0 Å². The molecule has 0 aromatic heterocycles. The molecule has 1 saturated heterocycles. The molecule has 0 aliphatic carbocycles. The number of aliphatic carboxylic acids is 1. The number of piperazine rings is 1. The van der Waals surface area contributed by atoms with Gasteiger partial charge in [0, 0.05) is 26.2 Å². The maximum Gasteiger partial charge on any atom is 0.320 e. The highest BCUT2D eigenvalue weighted by molar-refractivity contribution is 5.72. The van der Waals surface area contributed by atoms with E-state index in [1.807, 2.05) is 11.8 Å². The van der Waals surface area contributed by atoms with Gasteiger partial charge < -0.3 is 5.11 Å². The molecule has 1 rings (SSSR count). The summed E-state index contributed by atoms with van der Waals surface area (Å²) in [6.45, 7) is 6.56. The van der Waals surface area contributed by atoms with Gasteiger partial charge in [-0.1, -0.05) is 0 Å². The van der Waals surface area contributed by atoms with Crippen LogP contribution in [0.4, 0.5) is 0 Å². The van der Waals surface area contributed by atoms with Crippen molar-refractivity contribution in [2.45, 2.75) is 25.9 Å². The van der Waals surface area contributed by atoms with Crippen LogP contribution >= 0.6 is 0 Å². The summed E-state index contributed by atoms with van der Waals surface area (Å²) in [7, 11) is 0. The zero-order chi connectivity index (χ0) is 11.4. The third-order valence-electron chi connectivity index (χ3n) is 2.99. The summed E-state index contributed by atoms with van der Waals surface area (Å²) >= 11 is 0. The topological polar surface area (TPSA) is 67.6 Å². The first-order valence-corrected chi connectivity index (χ1v) is 5.16. The first kappa shape index (κ1) is 12.0. The monoisotopic (exact) mass is 211 g/mol. The molecule has 1 aliphatic heterocycles. The predicted octanol–water partition coefficient (Wildman–Crippen LogP) is -0.0108. The number of hydrogen-bond donors (Lipinski definition) is 1. The van der Waals surface area contributed by atoms with Crippen LogP contribution in [0.2, 0.25) is 0 Å². The summed E-state index contributed by atoms with van der Waals surface area (Å²) in [5, 5.41) is 17.6. The third-order valence-corrected chi connectivity index (χ3v) is 2.99. The number of hydrogen-bond acceptors (Lipinski definition) is 4. The second-order valence-electron chi connectivity index (χ2n) is 3.89. The molecule has 1 heterocycles. The quantitative estimate of drug-likeness (QED) is 0.711. The minimum atomic E-state index is -0.781. The van der Waals surface area contributed by atoms with E-state index >= 15 is 0 Å². The Bertz CT molecular complexity index is 266. The van der Waals surface area contributed by atoms with Gasteiger partial charge in [-0.3, -0.25) is 14.6 Å². The molecule has 5 nitrogen and oxygen atoms in total. The molecule has 84 valence electrons. The van der Waals surface area contributed by atoms with Gasteiger partial charge in [0.15, 0.2) is 0 Å². The lowest BCUT2D eigenvalue weighted by Crippen LogP contribution is -2.53. The van der Waals surface area contributed by atoms with Crippen molar-refractivity contribution in [1.82, 2.24) is 9.80 Å². The van der Waals surface area contributed by atoms with Crippen molar-refractivity contribution in [3.8, 4) is 6.07 Å². The number of nitriles is 1. The normalized spacial score (nSPS) is 23.0. The van der Waals surface area contributed by atoms with E-state index in [1.165, 1.54) is 0 Å². The van der Waals surface area contributed by atoms with Gasteiger partial charge in [0.05, 0.1) is 12.1 Å². The van der Waals surface area contributed by atoms with Gasteiger partial charge >= 0.3 is 5.97 Å². The minimum absolute atomic E-state index is 0.0766.